The smallest absolute Gasteiger partial charge is 0.338 e. The van der Waals surface area contributed by atoms with Gasteiger partial charge >= 0.3 is 5.97 Å². The van der Waals surface area contributed by atoms with Crippen molar-refractivity contribution < 1.29 is 34.4 Å². The lowest BCUT2D eigenvalue weighted by atomic mass is 9.53. The second-order valence-corrected chi connectivity index (χ2v) is 11.5. The first-order valence-electron chi connectivity index (χ1n) is 12.5. The molecule has 0 spiro atoms. The van der Waals surface area contributed by atoms with Crippen LogP contribution in [0.4, 0.5) is 0 Å². The van der Waals surface area contributed by atoms with Crippen LogP contribution in [0.2, 0.25) is 0 Å². The second kappa shape index (κ2) is 9.11. The van der Waals surface area contributed by atoms with Crippen molar-refractivity contribution in [2.75, 3.05) is 6.61 Å². The van der Waals surface area contributed by atoms with Gasteiger partial charge in [-0.1, -0.05) is 44.5 Å². The molecular formula is C28H38O7. The predicted molar refractivity (Wildman–Crippen MR) is 130 cm³/mol. The summed E-state index contributed by atoms with van der Waals surface area (Å²) >= 11 is 0. The number of carbonyl (C=O) groups is 2. The maximum absolute atomic E-state index is 13.9. The first-order chi connectivity index (χ1) is 16.3. The largest absolute Gasteiger partial charge is 0.456 e. The molecule has 7 atom stereocenters. The van der Waals surface area contributed by atoms with Crippen molar-refractivity contribution >= 4 is 11.8 Å². The summed E-state index contributed by atoms with van der Waals surface area (Å²) in [5.74, 6) is -0.876. The molecule has 7 heteroatoms. The zero-order valence-corrected chi connectivity index (χ0v) is 21.3. The molecule has 1 aliphatic heterocycles. The molecule has 3 aliphatic rings. The Bertz CT molecular complexity index is 1020. The number of hydrogen-bond acceptors (Lipinski definition) is 7. The third-order valence-corrected chi connectivity index (χ3v) is 8.98. The number of hydrogen-bond donors (Lipinski definition) is 3. The van der Waals surface area contributed by atoms with E-state index < -0.39 is 46.5 Å². The van der Waals surface area contributed by atoms with Gasteiger partial charge in [0.2, 0.25) is 0 Å². The van der Waals surface area contributed by atoms with Gasteiger partial charge in [-0.05, 0) is 44.4 Å². The highest BCUT2D eigenvalue weighted by atomic mass is 16.6. The van der Waals surface area contributed by atoms with Crippen LogP contribution in [0.15, 0.2) is 41.5 Å². The molecule has 7 nitrogen and oxygen atoms in total. The van der Waals surface area contributed by atoms with E-state index in [0.29, 0.717) is 30.6 Å². The highest BCUT2D eigenvalue weighted by Gasteiger charge is 2.62. The molecule has 4 rings (SSSR count). The van der Waals surface area contributed by atoms with E-state index >= 15 is 0 Å². The van der Waals surface area contributed by atoms with Crippen molar-refractivity contribution in [3.05, 3.63) is 47.0 Å². The molecule has 192 valence electrons. The molecule has 2 aliphatic carbocycles. The van der Waals surface area contributed by atoms with E-state index in [9.17, 15) is 24.9 Å². The molecule has 2 unspecified atom stereocenters. The number of Topliss-reactive ketones (excluding diaryl/α,β-unsaturated/α-hetero) is 1. The average molecular weight is 487 g/mol. The Morgan fingerprint density at radius 3 is 2.46 bits per heavy atom. The number of allylic oxidation sites excluding steroid dienone is 1. The number of ketones is 1. The van der Waals surface area contributed by atoms with E-state index in [2.05, 4.69) is 0 Å². The van der Waals surface area contributed by atoms with Gasteiger partial charge in [-0.3, -0.25) is 4.79 Å². The van der Waals surface area contributed by atoms with Gasteiger partial charge in [-0.15, -0.1) is 0 Å². The fourth-order valence-corrected chi connectivity index (χ4v) is 6.24. The average Bonchev–Trinajstić information content (AvgIpc) is 2.82. The number of benzene rings is 1. The van der Waals surface area contributed by atoms with Crippen LogP contribution in [0.5, 0.6) is 0 Å². The van der Waals surface area contributed by atoms with E-state index in [0.717, 1.165) is 5.57 Å². The molecule has 1 heterocycles. The number of fused-ring (bicyclic) bond motifs is 2. The molecule has 1 aromatic rings. The molecule has 0 amide bonds. The standard InChI is InChI=1S/C28H38O7/c1-16-11-12-28(33)21(35-25(32)18-9-7-6-8-10-18)14-27(5,20(29)13-19-17(2)15-34-19)24(31)23(30)22(16)26(28,3)4/h6-10,17,19-21,23,29-30,33H,11-15H2,1-5H3/t17?,19-,20?,21+,23-,27+,28-/m1/s1. The maximum atomic E-state index is 13.9. The number of aliphatic hydroxyl groups is 3. The summed E-state index contributed by atoms with van der Waals surface area (Å²) in [6.45, 7) is 9.65. The van der Waals surface area contributed by atoms with Crippen molar-refractivity contribution in [2.24, 2.45) is 16.7 Å². The van der Waals surface area contributed by atoms with Crippen LogP contribution in [0, 0.1) is 16.7 Å². The van der Waals surface area contributed by atoms with Crippen molar-refractivity contribution in [3.8, 4) is 0 Å². The first-order valence-corrected chi connectivity index (χ1v) is 12.5. The van der Waals surface area contributed by atoms with Gasteiger partial charge < -0.3 is 24.8 Å². The van der Waals surface area contributed by atoms with Crippen molar-refractivity contribution in [1.29, 1.82) is 0 Å². The summed E-state index contributed by atoms with van der Waals surface area (Å²) in [5, 5.41) is 34.9. The molecule has 1 aromatic carbocycles. The Morgan fingerprint density at radius 1 is 1.23 bits per heavy atom. The van der Waals surface area contributed by atoms with Gasteiger partial charge in [-0.2, -0.15) is 0 Å². The minimum atomic E-state index is -1.55. The molecule has 35 heavy (non-hydrogen) atoms. The first kappa shape index (κ1) is 26.0. The van der Waals surface area contributed by atoms with E-state index in [4.69, 9.17) is 9.47 Å². The Kier molecular flexibility index (Phi) is 6.77. The Labute approximate surface area is 207 Å². The topological polar surface area (TPSA) is 113 Å². The molecule has 0 radical (unpaired) electrons. The van der Waals surface area contributed by atoms with Gasteiger partial charge in [0.05, 0.1) is 29.8 Å². The van der Waals surface area contributed by atoms with Crippen LogP contribution in [-0.4, -0.2) is 63.7 Å². The lowest BCUT2D eigenvalue weighted by molar-refractivity contribution is -0.190. The molecule has 0 aromatic heterocycles. The highest BCUT2D eigenvalue weighted by molar-refractivity contribution is 5.93. The van der Waals surface area contributed by atoms with Crippen LogP contribution < -0.4 is 0 Å². The fourth-order valence-electron chi connectivity index (χ4n) is 6.24. The number of esters is 1. The zero-order valence-electron chi connectivity index (χ0n) is 21.3. The van der Waals surface area contributed by atoms with Crippen LogP contribution in [-0.2, 0) is 14.3 Å². The number of ether oxygens (including phenoxy) is 2. The van der Waals surface area contributed by atoms with Crippen LogP contribution in [0.3, 0.4) is 0 Å². The van der Waals surface area contributed by atoms with Gasteiger partial charge in [0.1, 0.15) is 17.8 Å². The van der Waals surface area contributed by atoms with Crippen LogP contribution >= 0.6 is 0 Å². The van der Waals surface area contributed by atoms with Crippen molar-refractivity contribution in [2.45, 2.75) is 90.3 Å². The molecule has 2 fully saturated rings. The summed E-state index contributed by atoms with van der Waals surface area (Å²) in [7, 11) is 0. The fraction of sp³-hybridized carbons (Fsp3) is 0.643. The van der Waals surface area contributed by atoms with Gasteiger partial charge in [0, 0.05) is 24.2 Å². The summed E-state index contributed by atoms with van der Waals surface area (Å²) < 4.78 is 11.6. The van der Waals surface area contributed by atoms with Gasteiger partial charge in [0.25, 0.3) is 0 Å². The lowest BCUT2D eigenvalue weighted by Crippen LogP contribution is -2.65. The Hall–Kier alpha value is -2.06. The monoisotopic (exact) mass is 486 g/mol. The quantitative estimate of drug-likeness (QED) is 0.433. The molecule has 3 N–H and O–H groups in total. The Balaban J connectivity index is 1.78. The SMILES string of the molecule is CC1=C2[C@@H](O)C(=O)[C@](C)(C(O)C[C@H]3OCC3C)C[C@H](OC(=O)c3ccccc3)[C@](O)(CC1)C2(C)C. The summed E-state index contributed by atoms with van der Waals surface area (Å²) in [5.41, 5.74) is -2.43. The van der Waals surface area contributed by atoms with Crippen LogP contribution in [0.25, 0.3) is 0 Å². The third kappa shape index (κ3) is 4.16. The number of carbonyl (C=O) groups excluding carboxylic acids is 2. The van der Waals surface area contributed by atoms with E-state index in [1.807, 2.05) is 13.8 Å². The third-order valence-electron chi connectivity index (χ3n) is 8.98. The second-order valence-electron chi connectivity index (χ2n) is 11.5. The molecular weight excluding hydrogens is 448 g/mol. The summed E-state index contributed by atoms with van der Waals surface area (Å²) in [4.78, 5) is 27.0. The molecule has 2 bridgehead atoms. The van der Waals surface area contributed by atoms with Crippen molar-refractivity contribution in [1.82, 2.24) is 0 Å². The minimum absolute atomic E-state index is 0.115. The predicted octanol–water partition coefficient (Wildman–Crippen LogP) is 3.21. The van der Waals surface area contributed by atoms with E-state index in [-0.39, 0.29) is 24.9 Å². The maximum Gasteiger partial charge on any atom is 0.338 e. The lowest BCUT2D eigenvalue weighted by Gasteiger charge is -2.56. The summed E-state index contributed by atoms with van der Waals surface area (Å²) in [6, 6.07) is 8.52. The van der Waals surface area contributed by atoms with Crippen molar-refractivity contribution in [3.63, 3.8) is 0 Å². The number of rotatable bonds is 5. The zero-order chi connectivity index (χ0) is 25.8. The molecule has 1 saturated heterocycles. The van der Waals surface area contributed by atoms with E-state index in [1.165, 1.54) is 0 Å². The van der Waals surface area contributed by atoms with Crippen LogP contribution in [0.1, 0.15) is 70.7 Å². The molecule has 1 saturated carbocycles. The normalized spacial score (nSPS) is 37.7. The van der Waals surface area contributed by atoms with Gasteiger partial charge in [-0.25, -0.2) is 4.79 Å². The van der Waals surface area contributed by atoms with Gasteiger partial charge in [0.15, 0.2) is 5.78 Å². The summed E-state index contributed by atoms with van der Waals surface area (Å²) in [6.07, 6.45) is -3.02. The number of aliphatic hydroxyl groups excluding tert-OH is 2. The Morgan fingerprint density at radius 2 is 1.89 bits per heavy atom. The minimum Gasteiger partial charge on any atom is -0.456 e. The van der Waals surface area contributed by atoms with E-state index in [1.54, 1.807) is 51.1 Å². The highest BCUT2D eigenvalue weighted by Crippen LogP contribution is 2.56.